The van der Waals surface area contributed by atoms with Gasteiger partial charge in [-0.3, -0.25) is 4.79 Å². The summed E-state index contributed by atoms with van der Waals surface area (Å²) in [4.78, 5) is 10.7. The number of rotatable bonds is 3. The van der Waals surface area contributed by atoms with E-state index >= 15 is 0 Å². The zero-order valence-corrected chi connectivity index (χ0v) is 7.26. The zero-order chi connectivity index (χ0) is 9.84. The molecule has 0 aromatic heterocycles. The van der Waals surface area contributed by atoms with Crippen LogP contribution in [0.4, 0.5) is 8.78 Å². The Bertz CT molecular complexity index is 290. The van der Waals surface area contributed by atoms with Gasteiger partial charge in [-0.25, -0.2) is 8.78 Å². The van der Waals surface area contributed by atoms with E-state index in [-0.39, 0.29) is 11.3 Å². The molecule has 0 aliphatic rings. The van der Waals surface area contributed by atoms with Gasteiger partial charge in [-0.2, -0.15) is 0 Å². The second-order valence-corrected chi connectivity index (χ2v) is 2.92. The summed E-state index contributed by atoms with van der Waals surface area (Å²) in [5.74, 6) is 0.0322. The first kappa shape index (κ1) is 9.84. The van der Waals surface area contributed by atoms with Gasteiger partial charge in [0.25, 0.3) is 6.43 Å². The molecule has 0 amide bonds. The average Bonchev–Trinajstić information content (AvgIpc) is 2.04. The third kappa shape index (κ3) is 2.93. The Hall–Kier alpha value is -1.25. The van der Waals surface area contributed by atoms with Crippen molar-refractivity contribution in [2.24, 2.45) is 0 Å². The van der Waals surface area contributed by atoms with E-state index in [0.29, 0.717) is 6.42 Å². The minimum Gasteiger partial charge on any atom is -0.300 e. The van der Waals surface area contributed by atoms with Gasteiger partial charge >= 0.3 is 0 Å². The predicted molar refractivity (Wildman–Crippen MR) is 45.8 cm³/mol. The Kier molecular flexibility index (Phi) is 3.12. The summed E-state index contributed by atoms with van der Waals surface area (Å²) in [5.41, 5.74) is 0.768. The van der Waals surface area contributed by atoms with Crippen LogP contribution < -0.4 is 0 Å². The standard InChI is InChI=1S/C10H10F2O/c1-7(13)6-8-2-4-9(5-3-8)10(11)12/h2-5,10H,6H2,1H3. The van der Waals surface area contributed by atoms with Gasteiger partial charge < -0.3 is 0 Å². The summed E-state index contributed by atoms with van der Waals surface area (Å²) in [6.07, 6.45) is -2.13. The molecule has 1 aromatic rings. The molecule has 0 spiro atoms. The molecule has 0 heterocycles. The maximum atomic E-state index is 12.1. The van der Waals surface area contributed by atoms with Gasteiger partial charge in [0, 0.05) is 12.0 Å². The van der Waals surface area contributed by atoms with Crippen LogP contribution in [0.2, 0.25) is 0 Å². The summed E-state index contributed by atoms with van der Waals surface area (Å²) in [5, 5.41) is 0. The molecule has 0 saturated carbocycles. The number of hydrogen-bond donors (Lipinski definition) is 0. The van der Waals surface area contributed by atoms with Gasteiger partial charge in [0.15, 0.2) is 0 Å². The number of halogens is 2. The van der Waals surface area contributed by atoms with Crippen molar-refractivity contribution in [3.05, 3.63) is 35.4 Å². The second-order valence-electron chi connectivity index (χ2n) is 2.92. The van der Waals surface area contributed by atoms with Crippen molar-refractivity contribution >= 4 is 5.78 Å². The van der Waals surface area contributed by atoms with Crippen molar-refractivity contribution in [2.45, 2.75) is 19.8 Å². The van der Waals surface area contributed by atoms with Gasteiger partial charge in [0.05, 0.1) is 0 Å². The van der Waals surface area contributed by atoms with Gasteiger partial charge in [0.1, 0.15) is 5.78 Å². The van der Waals surface area contributed by atoms with Crippen molar-refractivity contribution in [2.75, 3.05) is 0 Å². The third-order valence-corrected chi connectivity index (χ3v) is 1.68. The lowest BCUT2D eigenvalue weighted by Crippen LogP contribution is -1.96. The van der Waals surface area contributed by atoms with E-state index in [1.54, 1.807) is 12.1 Å². The van der Waals surface area contributed by atoms with Gasteiger partial charge in [0.2, 0.25) is 0 Å². The largest absolute Gasteiger partial charge is 0.300 e. The molecule has 0 aliphatic carbocycles. The Balaban J connectivity index is 2.75. The van der Waals surface area contributed by atoms with E-state index in [1.807, 2.05) is 0 Å². The molecule has 0 bridgehead atoms. The smallest absolute Gasteiger partial charge is 0.263 e. The molecule has 0 atom stereocenters. The monoisotopic (exact) mass is 184 g/mol. The lowest BCUT2D eigenvalue weighted by molar-refractivity contribution is -0.116. The first-order valence-corrected chi connectivity index (χ1v) is 3.96. The van der Waals surface area contributed by atoms with E-state index in [4.69, 9.17) is 0 Å². The molecule has 0 N–H and O–H groups in total. The maximum Gasteiger partial charge on any atom is 0.263 e. The summed E-state index contributed by atoms with van der Waals surface area (Å²) in [7, 11) is 0. The summed E-state index contributed by atoms with van der Waals surface area (Å²) < 4.78 is 24.2. The number of benzene rings is 1. The van der Waals surface area contributed by atoms with Gasteiger partial charge in [-0.15, -0.1) is 0 Å². The highest BCUT2D eigenvalue weighted by Gasteiger charge is 2.05. The van der Waals surface area contributed by atoms with E-state index in [0.717, 1.165) is 5.56 Å². The average molecular weight is 184 g/mol. The molecule has 0 unspecified atom stereocenters. The van der Waals surface area contributed by atoms with E-state index < -0.39 is 6.43 Å². The van der Waals surface area contributed by atoms with Crippen molar-refractivity contribution < 1.29 is 13.6 Å². The number of hydrogen-bond acceptors (Lipinski definition) is 1. The zero-order valence-electron chi connectivity index (χ0n) is 7.26. The molecular formula is C10H10F2O. The summed E-state index contributed by atoms with van der Waals surface area (Å²) in [6, 6.07) is 5.82. The van der Waals surface area contributed by atoms with Gasteiger partial charge in [-0.1, -0.05) is 24.3 Å². The van der Waals surface area contributed by atoms with Crippen LogP contribution in [0.25, 0.3) is 0 Å². The molecule has 13 heavy (non-hydrogen) atoms. The Morgan fingerprint density at radius 3 is 2.23 bits per heavy atom. The quantitative estimate of drug-likeness (QED) is 0.705. The van der Waals surface area contributed by atoms with Crippen molar-refractivity contribution in [3.8, 4) is 0 Å². The summed E-state index contributed by atoms with van der Waals surface area (Å²) >= 11 is 0. The number of Topliss-reactive ketones (excluding diaryl/α,β-unsaturated/α-hetero) is 1. The highest BCUT2D eigenvalue weighted by atomic mass is 19.3. The van der Waals surface area contributed by atoms with Crippen LogP contribution in [0.3, 0.4) is 0 Å². The molecule has 1 nitrogen and oxygen atoms in total. The Labute approximate surface area is 75.4 Å². The van der Waals surface area contributed by atoms with E-state index in [9.17, 15) is 13.6 Å². The lowest BCUT2D eigenvalue weighted by Gasteiger charge is -2.00. The molecule has 3 heteroatoms. The minimum atomic E-state index is -2.44. The van der Waals surface area contributed by atoms with Crippen LogP contribution in [0.1, 0.15) is 24.5 Å². The fourth-order valence-electron chi connectivity index (χ4n) is 1.07. The van der Waals surface area contributed by atoms with Crippen molar-refractivity contribution in [3.63, 3.8) is 0 Å². The maximum absolute atomic E-state index is 12.1. The SMILES string of the molecule is CC(=O)Cc1ccc(C(F)F)cc1. The number of carbonyl (C=O) groups excluding carboxylic acids is 1. The first-order valence-electron chi connectivity index (χ1n) is 3.96. The number of ketones is 1. The molecule has 70 valence electrons. The Morgan fingerprint density at radius 1 is 1.31 bits per heavy atom. The predicted octanol–water partition coefficient (Wildman–Crippen LogP) is 2.76. The normalized spacial score (nSPS) is 10.5. The minimum absolute atomic E-state index is 0.00713. The topological polar surface area (TPSA) is 17.1 Å². The highest BCUT2D eigenvalue weighted by molar-refractivity contribution is 5.78. The lowest BCUT2D eigenvalue weighted by atomic mass is 10.1. The number of carbonyl (C=O) groups is 1. The molecule has 1 rings (SSSR count). The third-order valence-electron chi connectivity index (χ3n) is 1.68. The fraction of sp³-hybridized carbons (Fsp3) is 0.300. The van der Waals surface area contributed by atoms with Gasteiger partial charge in [-0.05, 0) is 12.5 Å². The van der Waals surface area contributed by atoms with Crippen LogP contribution in [0.5, 0.6) is 0 Å². The highest BCUT2D eigenvalue weighted by Crippen LogP contribution is 2.18. The van der Waals surface area contributed by atoms with Crippen LogP contribution in [0.15, 0.2) is 24.3 Å². The van der Waals surface area contributed by atoms with Crippen LogP contribution in [0, 0.1) is 0 Å². The molecule has 0 radical (unpaired) electrons. The van der Waals surface area contributed by atoms with Crippen molar-refractivity contribution in [1.82, 2.24) is 0 Å². The molecule has 0 fully saturated rings. The van der Waals surface area contributed by atoms with Crippen LogP contribution in [-0.4, -0.2) is 5.78 Å². The van der Waals surface area contributed by atoms with Crippen molar-refractivity contribution in [1.29, 1.82) is 0 Å². The van der Waals surface area contributed by atoms with E-state index in [2.05, 4.69) is 0 Å². The fourth-order valence-corrected chi connectivity index (χ4v) is 1.07. The van der Waals surface area contributed by atoms with Crippen LogP contribution in [-0.2, 0) is 11.2 Å². The molecule has 1 aromatic carbocycles. The molecular weight excluding hydrogens is 174 g/mol. The molecule has 0 saturated heterocycles. The van der Waals surface area contributed by atoms with Crippen LogP contribution >= 0.6 is 0 Å². The molecule has 0 aliphatic heterocycles. The van der Waals surface area contributed by atoms with E-state index in [1.165, 1.54) is 19.1 Å². The second kappa shape index (κ2) is 4.12. The number of alkyl halides is 2. The summed E-state index contributed by atoms with van der Waals surface area (Å²) in [6.45, 7) is 1.47. The first-order chi connectivity index (χ1) is 6.09. The Morgan fingerprint density at radius 2 is 1.85 bits per heavy atom.